The van der Waals surface area contributed by atoms with Gasteiger partial charge in [0, 0.05) is 6.42 Å². The van der Waals surface area contributed by atoms with Crippen molar-refractivity contribution in [2.75, 3.05) is 0 Å². The Morgan fingerprint density at radius 3 is 2.53 bits per heavy atom. The van der Waals surface area contributed by atoms with E-state index in [9.17, 15) is 0 Å². The molecule has 0 aliphatic rings. The molecular weight excluding hydrogens is 186 g/mol. The summed E-state index contributed by atoms with van der Waals surface area (Å²) in [6, 6.07) is 4.17. The van der Waals surface area contributed by atoms with Gasteiger partial charge in [-0.3, -0.25) is 0 Å². The maximum atomic E-state index is 5.70. The molecule has 1 heterocycles. The predicted molar refractivity (Wildman–Crippen MR) is 62.0 cm³/mol. The van der Waals surface area contributed by atoms with E-state index in [4.69, 9.17) is 4.42 Å². The monoisotopic (exact) mass is 203 g/mol. The van der Waals surface area contributed by atoms with Crippen molar-refractivity contribution in [1.82, 2.24) is 4.98 Å². The smallest absolute Gasteiger partial charge is 0.195 e. The summed E-state index contributed by atoms with van der Waals surface area (Å²) < 4.78 is 5.70. The van der Waals surface area contributed by atoms with Gasteiger partial charge in [-0.2, -0.15) is 0 Å². The Kier molecular flexibility index (Phi) is 2.51. The van der Waals surface area contributed by atoms with Crippen molar-refractivity contribution in [3.05, 3.63) is 29.2 Å². The SMILES string of the molecule is Cc1cc2nc(CC(C)C)oc2cc1C. The summed E-state index contributed by atoms with van der Waals surface area (Å²) in [5.41, 5.74) is 4.42. The maximum Gasteiger partial charge on any atom is 0.195 e. The summed E-state index contributed by atoms with van der Waals surface area (Å²) in [5, 5.41) is 0. The average molecular weight is 203 g/mol. The molecule has 15 heavy (non-hydrogen) atoms. The van der Waals surface area contributed by atoms with Crippen LogP contribution in [0.25, 0.3) is 11.1 Å². The first-order valence-electron chi connectivity index (χ1n) is 5.43. The van der Waals surface area contributed by atoms with Crippen LogP contribution in [0.3, 0.4) is 0 Å². The van der Waals surface area contributed by atoms with Crippen LogP contribution in [0, 0.1) is 19.8 Å². The van der Waals surface area contributed by atoms with Crippen LogP contribution in [0.1, 0.15) is 30.9 Å². The highest BCUT2D eigenvalue weighted by Crippen LogP contribution is 2.21. The van der Waals surface area contributed by atoms with Gasteiger partial charge in [-0.1, -0.05) is 13.8 Å². The van der Waals surface area contributed by atoms with Crippen LogP contribution in [-0.4, -0.2) is 4.98 Å². The lowest BCUT2D eigenvalue weighted by Gasteiger charge is -1.97. The lowest BCUT2D eigenvalue weighted by atomic mass is 10.1. The normalized spacial score (nSPS) is 11.5. The maximum absolute atomic E-state index is 5.70. The second-order valence-corrected chi connectivity index (χ2v) is 4.61. The van der Waals surface area contributed by atoms with Gasteiger partial charge in [0.2, 0.25) is 0 Å². The van der Waals surface area contributed by atoms with Crippen LogP contribution in [0.4, 0.5) is 0 Å². The molecule has 0 atom stereocenters. The van der Waals surface area contributed by atoms with Gasteiger partial charge >= 0.3 is 0 Å². The van der Waals surface area contributed by atoms with Gasteiger partial charge in [0.05, 0.1) is 0 Å². The molecule has 0 N–H and O–H groups in total. The van der Waals surface area contributed by atoms with Gasteiger partial charge in [0.15, 0.2) is 11.5 Å². The zero-order valence-electron chi connectivity index (χ0n) is 9.79. The molecule has 0 saturated heterocycles. The first-order valence-corrected chi connectivity index (χ1v) is 5.43. The van der Waals surface area contributed by atoms with E-state index in [-0.39, 0.29) is 0 Å². The Morgan fingerprint density at radius 2 is 1.87 bits per heavy atom. The molecule has 0 aliphatic carbocycles. The summed E-state index contributed by atoms with van der Waals surface area (Å²) in [7, 11) is 0. The minimum absolute atomic E-state index is 0.584. The Hall–Kier alpha value is -1.31. The minimum Gasteiger partial charge on any atom is -0.441 e. The molecule has 2 heteroatoms. The number of nitrogens with zero attached hydrogens (tertiary/aromatic N) is 1. The molecule has 0 spiro atoms. The molecule has 2 nitrogen and oxygen atoms in total. The fourth-order valence-corrected chi connectivity index (χ4v) is 1.66. The Bertz CT molecular complexity index is 443. The van der Waals surface area contributed by atoms with E-state index in [1.807, 2.05) is 0 Å². The van der Waals surface area contributed by atoms with Crippen LogP contribution in [0.15, 0.2) is 16.5 Å². The summed E-state index contributed by atoms with van der Waals surface area (Å²) in [6.07, 6.45) is 0.909. The molecule has 0 fully saturated rings. The van der Waals surface area contributed by atoms with E-state index in [1.165, 1.54) is 11.1 Å². The molecule has 0 aliphatic heterocycles. The molecule has 0 amide bonds. The minimum atomic E-state index is 0.584. The summed E-state index contributed by atoms with van der Waals surface area (Å²) >= 11 is 0. The highest BCUT2D eigenvalue weighted by Gasteiger charge is 2.08. The third-order valence-corrected chi connectivity index (χ3v) is 2.63. The number of oxazole rings is 1. The van der Waals surface area contributed by atoms with E-state index in [1.54, 1.807) is 0 Å². The molecule has 0 bridgehead atoms. The zero-order chi connectivity index (χ0) is 11.0. The van der Waals surface area contributed by atoms with Crippen LogP contribution in [0.5, 0.6) is 0 Å². The van der Waals surface area contributed by atoms with Crippen molar-refractivity contribution in [2.24, 2.45) is 5.92 Å². The number of fused-ring (bicyclic) bond motifs is 1. The highest BCUT2D eigenvalue weighted by atomic mass is 16.3. The Labute approximate surface area is 90.3 Å². The molecule has 0 radical (unpaired) electrons. The molecular formula is C13H17NO. The van der Waals surface area contributed by atoms with E-state index in [0.29, 0.717) is 5.92 Å². The van der Waals surface area contributed by atoms with Gasteiger partial charge in [-0.15, -0.1) is 0 Å². The summed E-state index contributed by atoms with van der Waals surface area (Å²) in [4.78, 5) is 4.49. The number of benzene rings is 1. The zero-order valence-corrected chi connectivity index (χ0v) is 9.79. The van der Waals surface area contributed by atoms with E-state index >= 15 is 0 Å². The van der Waals surface area contributed by atoms with Crippen molar-refractivity contribution >= 4 is 11.1 Å². The van der Waals surface area contributed by atoms with Crippen LogP contribution >= 0.6 is 0 Å². The number of aryl methyl sites for hydroxylation is 2. The third-order valence-electron chi connectivity index (χ3n) is 2.63. The Balaban J connectivity index is 2.47. The average Bonchev–Trinajstić information content (AvgIpc) is 2.46. The quantitative estimate of drug-likeness (QED) is 0.744. The van der Waals surface area contributed by atoms with Gasteiger partial charge in [-0.05, 0) is 43.0 Å². The molecule has 80 valence electrons. The largest absolute Gasteiger partial charge is 0.441 e. The van der Waals surface area contributed by atoms with Crippen LogP contribution < -0.4 is 0 Å². The number of hydrogen-bond donors (Lipinski definition) is 0. The van der Waals surface area contributed by atoms with Crippen molar-refractivity contribution < 1.29 is 4.42 Å². The lowest BCUT2D eigenvalue weighted by Crippen LogP contribution is -1.93. The van der Waals surface area contributed by atoms with Crippen LogP contribution in [0.2, 0.25) is 0 Å². The first-order chi connectivity index (χ1) is 7.06. The highest BCUT2D eigenvalue weighted by molar-refractivity contribution is 5.74. The fraction of sp³-hybridized carbons (Fsp3) is 0.462. The second kappa shape index (κ2) is 3.69. The third kappa shape index (κ3) is 2.04. The molecule has 1 aromatic heterocycles. The fourth-order valence-electron chi connectivity index (χ4n) is 1.66. The number of hydrogen-bond acceptors (Lipinski definition) is 2. The number of aromatic nitrogens is 1. The topological polar surface area (TPSA) is 26.0 Å². The summed E-state index contributed by atoms with van der Waals surface area (Å²) in [6.45, 7) is 8.54. The van der Waals surface area contributed by atoms with Crippen molar-refractivity contribution in [3.63, 3.8) is 0 Å². The van der Waals surface area contributed by atoms with Crippen molar-refractivity contribution in [2.45, 2.75) is 34.1 Å². The molecule has 2 aromatic rings. The van der Waals surface area contributed by atoms with Crippen molar-refractivity contribution in [3.8, 4) is 0 Å². The second-order valence-electron chi connectivity index (χ2n) is 4.61. The van der Waals surface area contributed by atoms with E-state index in [2.05, 4.69) is 44.8 Å². The molecule has 2 rings (SSSR count). The van der Waals surface area contributed by atoms with Crippen LogP contribution in [-0.2, 0) is 6.42 Å². The van der Waals surface area contributed by atoms with Crippen molar-refractivity contribution in [1.29, 1.82) is 0 Å². The lowest BCUT2D eigenvalue weighted by molar-refractivity contribution is 0.482. The summed E-state index contributed by atoms with van der Waals surface area (Å²) in [5.74, 6) is 1.44. The molecule has 0 saturated carbocycles. The molecule has 0 unspecified atom stereocenters. The van der Waals surface area contributed by atoms with Gasteiger partial charge < -0.3 is 4.42 Å². The van der Waals surface area contributed by atoms with E-state index in [0.717, 1.165) is 23.4 Å². The van der Waals surface area contributed by atoms with Gasteiger partial charge in [0.25, 0.3) is 0 Å². The Morgan fingerprint density at radius 1 is 1.20 bits per heavy atom. The number of rotatable bonds is 2. The molecule has 1 aromatic carbocycles. The first kappa shape index (κ1) is 10.2. The van der Waals surface area contributed by atoms with Gasteiger partial charge in [0.1, 0.15) is 5.52 Å². The van der Waals surface area contributed by atoms with Gasteiger partial charge in [-0.25, -0.2) is 4.98 Å². The predicted octanol–water partition coefficient (Wildman–Crippen LogP) is 3.64. The standard InChI is InChI=1S/C13H17NO/c1-8(2)5-13-14-11-6-9(3)10(4)7-12(11)15-13/h6-8H,5H2,1-4H3. The van der Waals surface area contributed by atoms with E-state index < -0.39 is 0 Å².